The first kappa shape index (κ1) is 14.5. The number of hydrogen-bond donors (Lipinski definition) is 0. The second-order valence-corrected chi connectivity index (χ2v) is 3.90. The first-order valence-electron chi connectivity index (χ1n) is 5.70. The number of alkyl halides is 1. The number of halogens is 1. The number of unbranched alkanes of at least 4 members (excludes halogenated alkanes) is 1. The highest BCUT2D eigenvalue weighted by Crippen LogP contribution is 2.11. The van der Waals surface area contributed by atoms with Crippen LogP contribution in [0, 0.1) is 22.7 Å². The van der Waals surface area contributed by atoms with E-state index < -0.39 is 17.7 Å². The van der Waals surface area contributed by atoms with Crippen molar-refractivity contribution in [2.45, 2.75) is 25.4 Å². The van der Waals surface area contributed by atoms with Crippen LogP contribution in [0.4, 0.5) is 4.39 Å². The van der Waals surface area contributed by atoms with Gasteiger partial charge in [0.15, 0.2) is 6.17 Å². The first-order valence-corrected chi connectivity index (χ1v) is 5.70. The van der Waals surface area contributed by atoms with Crippen LogP contribution in [0.5, 0.6) is 0 Å². The molecule has 0 aliphatic heterocycles. The lowest BCUT2D eigenvalue weighted by atomic mass is 10.0. The molecule has 96 valence electrons. The molecule has 0 N–H and O–H groups in total. The molecule has 0 saturated carbocycles. The topological polar surface area (TPSA) is 81.7 Å². The maximum atomic E-state index is 13.5. The van der Waals surface area contributed by atoms with Crippen molar-refractivity contribution in [1.29, 1.82) is 10.5 Å². The molecule has 0 aliphatic rings. The van der Waals surface area contributed by atoms with Crippen LogP contribution >= 0.6 is 0 Å². The average molecular weight is 258 g/mol. The van der Waals surface area contributed by atoms with E-state index in [1.165, 1.54) is 24.3 Å². The Morgan fingerprint density at radius 2 is 1.84 bits per heavy atom. The molecule has 0 aromatic heterocycles. The standard InChI is InChI=1S/C14H11FN2O2/c15-12(3-1-2-8-16)14(19)13(18)11-6-4-10(9-17)5-7-11/h4-7,12H,1-3H2. The van der Waals surface area contributed by atoms with Crippen LogP contribution in [0.2, 0.25) is 0 Å². The quantitative estimate of drug-likeness (QED) is 0.445. The Hall–Kier alpha value is -2.53. The van der Waals surface area contributed by atoms with Gasteiger partial charge in [-0.1, -0.05) is 0 Å². The number of nitrogens with zero attached hydrogens (tertiary/aromatic N) is 2. The Labute approximate surface area is 110 Å². The normalized spacial score (nSPS) is 11.1. The van der Waals surface area contributed by atoms with Crippen LogP contribution in [0.3, 0.4) is 0 Å². The smallest absolute Gasteiger partial charge is 0.237 e. The van der Waals surface area contributed by atoms with Crippen molar-refractivity contribution in [3.8, 4) is 12.1 Å². The Kier molecular flexibility index (Phi) is 5.37. The van der Waals surface area contributed by atoms with Crippen molar-refractivity contribution >= 4 is 11.6 Å². The fourth-order valence-corrected chi connectivity index (χ4v) is 1.47. The largest absolute Gasteiger partial charge is 0.287 e. The summed E-state index contributed by atoms with van der Waals surface area (Å²) in [6.45, 7) is 0. The molecule has 1 unspecified atom stereocenters. The summed E-state index contributed by atoms with van der Waals surface area (Å²) in [4.78, 5) is 23.2. The summed E-state index contributed by atoms with van der Waals surface area (Å²) in [5.74, 6) is -2.02. The lowest BCUT2D eigenvalue weighted by Gasteiger charge is -2.05. The van der Waals surface area contributed by atoms with E-state index in [9.17, 15) is 14.0 Å². The summed E-state index contributed by atoms with van der Waals surface area (Å²) in [6, 6.07) is 9.15. The van der Waals surface area contributed by atoms with Gasteiger partial charge in [-0.05, 0) is 37.1 Å². The minimum absolute atomic E-state index is 0.0620. The Morgan fingerprint density at radius 3 is 2.37 bits per heavy atom. The monoisotopic (exact) mass is 258 g/mol. The molecule has 1 atom stereocenters. The molecule has 1 aromatic rings. The number of rotatable bonds is 6. The predicted octanol–water partition coefficient (Wildman–Crippen LogP) is 2.34. The molecule has 19 heavy (non-hydrogen) atoms. The molecule has 0 fully saturated rings. The van der Waals surface area contributed by atoms with Gasteiger partial charge in [0.25, 0.3) is 0 Å². The molecule has 0 aliphatic carbocycles. The molecule has 0 radical (unpaired) electrons. The van der Waals surface area contributed by atoms with Crippen LogP contribution in [0.25, 0.3) is 0 Å². The third-order valence-corrected chi connectivity index (χ3v) is 2.53. The van der Waals surface area contributed by atoms with Gasteiger partial charge >= 0.3 is 0 Å². The third kappa shape index (κ3) is 4.01. The number of nitriles is 2. The molecule has 0 heterocycles. The Bertz CT molecular complexity index is 552. The average Bonchev–Trinajstić information content (AvgIpc) is 2.46. The zero-order valence-corrected chi connectivity index (χ0v) is 10.1. The van der Waals surface area contributed by atoms with Crippen molar-refractivity contribution < 1.29 is 14.0 Å². The predicted molar refractivity (Wildman–Crippen MR) is 64.9 cm³/mol. The Morgan fingerprint density at radius 1 is 1.21 bits per heavy atom. The van der Waals surface area contributed by atoms with E-state index in [4.69, 9.17) is 10.5 Å². The Balaban J connectivity index is 2.68. The highest BCUT2D eigenvalue weighted by atomic mass is 19.1. The van der Waals surface area contributed by atoms with Gasteiger partial charge in [0, 0.05) is 12.0 Å². The van der Waals surface area contributed by atoms with Crippen molar-refractivity contribution in [3.05, 3.63) is 35.4 Å². The molecule has 5 heteroatoms. The molecule has 1 aromatic carbocycles. The van der Waals surface area contributed by atoms with E-state index in [2.05, 4.69) is 0 Å². The maximum absolute atomic E-state index is 13.5. The number of Topliss-reactive ketones (excluding diaryl/α,β-unsaturated/α-hetero) is 2. The van der Waals surface area contributed by atoms with Crippen molar-refractivity contribution in [2.24, 2.45) is 0 Å². The van der Waals surface area contributed by atoms with Gasteiger partial charge in [0.2, 0.25) is 11.6 Å². The first-order chi connectivity index (χ1) is 9.10. The van der Waals surface area contributed by atoms with Crippen LogP contribution in [0.15, 0.2) is 24.3 Å². The summed E-state index contributed by atoms with van der Waals surface area (Å²) < 4.78 is 13.5. The molecule has 0 bridgehead atoms. The molecule has 1 rings (SSSR count). The van der Waals surface area contributed by atoms with Gasteiger partial charge in [-0.15, -0.1) is 0 Å². The van der Waals surface area contributed by atoms with Crippen molar-refractivity contribution in [2.75, 3.05) is 0 Å². The minimum atomic E-state index is -1.88. The molecule has 0 spiro atoms. The second-order valence-electron chi connectivity index (χ2n) is 3.90. The maximum Gasteiger partial charge on any atom is 0.237 e. The summed E-state index contributed by atoms with van der Waals surface area (Å²) in [6.07, 6.45) is -1.62. The SMILES string of the molecule is N#CCCCC(F)C(=O)C(=O)c1ccc(C#N)cc1. The molecule has 0 saturated heterocycles. The van der Waals surface area contributed by atoms with E-state index in [-0.39, 0.29) is 24.8 Å². The van der Waals surface area contributed by atoms with E-state index in [0.29, 0.717) is 5.56 Å². The molecular weight excluding hydrogens is 247 g/mol. The fourth-order valence-electron chi connectivity index (χ4n) is 1.47. The van der Waals surface area contributed by atoms with E-state index in [0.717, 1.165) is 0 Å². The highest BCUT2D eigenvalue weighted by Gasteiger charge is 2.25. The van der Waals surface area contributed by atoms with E-state index >= 15 is 0 Å². The summed E-state index contributed by atoms with van der Waals surface area (Å²) >= 11 is 0. The number of carbonyl (C=O) groups is 2. The van der Waals surface area contributed by atoms with Crippen LogP contribution < -0.4 is 0 Å². The highest BCUT2D eigenvalue weighted by molar-refractivity contribution is 6.45. The third-order valence-electron chi connectivity index (χ3n) is 2.53. The summed E-state index contributed by atoms with van der Waals surface area (Å²) in [5.41, 5.74) is 0.418. The lowest BCUT2D eigenvalue weighted by Crippen LogP contribution is -2.25. The number of carbonyl (C=O) groups excluding carboxylic acids is 2. The summed E-state index contributed by atoms with van der Waals surface area (Å²) in [5, 5.41) is 16.9. The van der Waals surface area contributed by atoms with Gasteiger partial charge in [-0.3, -0.25) is 9.59 Å². The van der Waals surface area contributed by atoms with Gasteiger partial charge < -0.3 is 0 Å². The lowest BCUT2D eigenvalue weighted by molar-refractivity contribution is -0.119. The van der Waals surface area contributed by atoms with Crippen LogP contribution in [-0.2, 0) is 4.79 Å². The van der Waals surface area contributed by atoms with Gasteiger partial charge in [0.1, 0.15) is 0 Å². The van der Waals surface area contributed by atoms with Gasteiger partial charge in [-0.25, -0.2) is 4.39 Å². The summed E-state index contributed by atoms with van der Waals surface area (Å²) in [7, 11) is 0. The number of ketones is 2. The molecule has 4 nitrogen and oxygen atoms in total. The fraction of sp³-hybridized carbons (Fsp3) is 0.286. The zero-order valence-electron chi connectivity index (χ0n) is 10.1. The van der Waals surface area contributed by atoms with Crippen LogP contribution in [0.1, 0.15) is 35.2 Å². The zero-order chi connectivity index (χ0) is 14.3. The molecular formula is C14H11FN2O2. The van der Waals surface area contributed by atoms with E-state index in [1.54, 1.807) is 0 Å². The van der Waals surface area contributed by atoms with Gasteiger partial charge in [-0.2, -0.15) is 10.5 Å². The van der Waals surface area contributed by atoms with Crippen LogP contribution in [-0.4, -0.2) is 17.7 Å². The van der Waals surface area contributed by atoms with Crippen molar-refractivity contribution in [3.63, 3.8) is 0 Å². The minimum Gasteiger partial charge on any atom is -0.287 e. The molecule has 0 amide bonds. The second kappa shape index (κ2) is 7.03. The number of benzene rings is 1. The number of hydrogen-bond acceptors (Lipinski definition) is 4. The van der Waals surface area contributed by atoms with Crippen molar-refractivity contribution in [1.82, 2.24) is 0 Å². The van der Waals surface area contributed by atoms with Gasteiger partial charge in [0.05, 0.1) is 17.7 Å². The van der Waals surface area contributed by atoms with E-state index in [1.807, 2.05) is 12.1 Å².